The third kappa shape index (κ3) is 3.89. The molecule has 2 aromatic rings. The van der Waals surface area contributed by atoms with Crippen molar-refractivity contribution < 1.29 is 22.0 Å². The Hall–Kier alpha value is -2.59. The number of carbonyl (C=O) groups excluding carboxylic acids is 1. The standard InChI is InChI=1S/C20H22F2N4O3S/c21-17-6-5-15(14-18(17)22)30(28,29)26-12-10-25(11-13-26)20(27)16-4-3-7-23-19(16)24-8-1-2-9-24/h3-7,14H,1-2,8-13H2. The highest BCUT2D eigenvalue weighted by atomic mass is 32.2. The molecule has 1 amide bonds. The van der Waals surface area contributed by atoms with Crippen LogP contribution in [0.15, 0.2) is 41.4 Å². The van der Waals surface area contributed by atoms with Crippen LogP contribution < -0.4 is 4.90 Å². The SMILES string of the molecule is O=C(c1cccnc1N1CCCC1)N1CCN(S(=O)(=O)c2ccc(F)c(F)c2)CC1. The molecule has 0 unspecified atom stereocenters. The van der Waals surface area contributed by atoms with E-state index in [0.29, 0.717) is 17.4 Å². The first-order chi connectivity index (χ1) is 14.4. The fraction of sp³-hybridized carbons (Fsp3) is 0.400. The fourth-order valence-corrected chi connectivity index (χ4v) is 5.27. The molecule has 0 spiro atoms. The molecular formula is C20H22F2N4O3S. The van der Waals surface area contributed by atoms with E-state index in [1.165, 1.54) is 4.31 Å². The summed E-state index contributed by atoms with van der Waals surface area (Å²) < 4.78 is 53.3. The molecule has 0 N–H and O–H groups in total. The number of benzene rings is 1. The van der Waals surface area contributed by atoms with Gasteiger partial charge in [0.25, 0.3) is 5.91 Å². The zero-order chi connectivity index (χ0) is 21.3. The maximum absolute atomic E-state index is 13.5. The Morgan fingerprint density at radius 2 is 1.63 bits per heavy atom. The molecule has 2 saturated heterocycles. The number of anilines is 1. The third-order valence-corrected chi connectivity index (χ3v) is 7.37. The molecule has 2 aliphatic heterocycles. The number of sulfonamides is 1. The van der Waals surface area contributed by atoms with Gasteiger partial charge in [0, 0.05) is 45.5 Å². The smallest absolute Gasteiger partial charge is 0.257 e. The zero-order valence-electron chi connectivity index (χ0n) is 16.3. The number of halogens is 2. The van der Waals surface area contributed by atoms with Crippen molar-refractivity contribution in [1.82, 2.24) is 14.2 Å². The molecule has 2 fully saturated rings. The van der Waals surface area contributed by atoms with Crippen molar-refractivity contribution in [2.75, 3.05) is 44.2 Å². The first-order valence-electron chi connectivity index (χ1n) is 9.82. The zero-order valence-corrected chi connectivity index (χ0v) is 17.1. The maximum atomic E-state index is 13.5. The monoisotopic (exact) mass is 436 g/mol. The molecule has 1 aromatic heterocycles. The maximum Gasteiger partial charge on any atom is 0.257 e. The molecule has 0 bridgehead atoms. The molecule has 7 nitrogen and oxygen atoms in total. The fourth-order valence-electron chi connectivity index (χ4n) is 3.83. The normalized spacial score (nSPS) is 18.1. The van der Waals surface area contributed by atoms with E-state index < -0.39 is 21.7 Å². The van der Waals surface area contributed by atoms with Crippen molar-refractivity contribution in [3.05, 3.63) is 53.7 Å². The van der Waals surface area contributed by atoms with Crippen molar-refractivity contribution in [1.29, 1.82) is 0 Å². The van der Waals surface area contributed by atoms with Crippen LogP contribution in [-0.4, -0.2) is 67.8 Å². The van der Waals surface area contributed by atoms with Gasteiger partial charge in [0.1, 0.15) is 5.82 Å². The second kappa shape index (κ2) is 8.27. The van der Waals surface area contributed by atoms with Crippen molar-refractivity contribution in [3.8, 4) is 0 Å². The summed E-state index contributed by atoms with van der Waals surface area (Å²) in [5.41, 5.74) is 0.510. The Bertz CT molecular complexity index is 1050. The molecule has 4 rings (SSSR count). The number of rotatable bonds is 4. The van der Waals surface area contributed by atoms with E-state index >= 15 is 0 Å². The summed E-state index contributed by atoms with van der Waals surface area (Å²) in [5, 5.41) is 0. The first kappa shape index (κ1) is 20.7. The average molecular weight is 436 g/mol. The summed E-state index contributed by atoms with van der Waals surface area (Å²) in [4.78, 5) is 20.9. The Balaban J connectivity index is 1.47. The van der Waals surface area contributed by atoms with Gasteiger partial charge in [0.2, 0.25) is 10.0 Å². The highest BCUT2D eigenvalue weighted by Gasteiger charge is 2.32. The highest BCUT2D eigenvalue weighted by molar-refractivity contribution is 7.89. The van der Waals surface area contributed by atoms with Crippen LogP contribution in [0.1, 0.15) is 23.2 Å². The van der Waals surface area contributed by atoms with Crippen LogP contribution in [0, 0.1) is 11.6 Å². The van der Waals surface area contributed by atoms with E-state index in [4.69, 9.17) is 0 Å². The van der Waals surface area contributed by atoms with Crippen LogP contribution in [0.25, 0.3) is 0 Å². The number of aromatic nitrogens is 1. The summed E-state index contributed by atoms with van der Waals surface area (Å²) >= 11 is 0. The number of hydrogen-bond donors (Lipinski definition) is 0. The van der Waals surface area contributed by atoms with Gasteiger partial charge in [-0.25, -0.2) is 22.2 Å². The molecule has 2 aliphatic rings. The predicted octanol–water partition coefficient (Wildman–Crippen LogP) is 2.11. The Morgan fingerprint density at radius 3 is 2.30 bits per heavy atom. The highest BCUT2D eigenvalue weighted by Crippen LogP contribution is 2.25. The van der Waals surface area contributed by atoms with Gasteiger partial charge in [-0.05, 0) is 43.2 Å². The Kier molecular flexibility index (Phi) is 5.70. The van der Waals surface area contributed by atoms with Gasteiger partial charge >= 0.3 is 0 Å². The second-order valence-electron chi connectivity index (χ2n) is 7.34. The van der Waals surface area contributed by atoms with Crippen LogP contribution in [-0.2, 0) is 10.0 Å². The quantitative estimate of drug-likeness (QED) is 0.734. The lowest BCUT2D eigenvalue weighted by Gasteiger charge is -2.34. The number of amides is 1. The minimum Gasteiger partial charge on any atom is -0.356 e. The lowest BCUT2D eigenvalue weighted by Crippen LogP contribution is -2.50. The number of hydrogen-bond acceptors (Lipinski definition) is 5. The number of nitrogens with zero attached hydrogens (tertiary/aromatic N) is 4. The lowest BCUT2D eigenvalue weighted by atomic mass is 10.2. The number of piperazine rings is 1. The summed E-state index contributed by atoms with van der Waals surface area (Å²) in [5.74, 6) is -1.84. The van der Waals surface area contributed by atoms with E-state index in [-0.39, 0.29) is 37.0 Å². The van der Waals surface area contributed by atoms with Gasteiger partial charge in [-0.3, -0.25) is 4.79 Å². The van der Waals surface area contributed by atoms with Gasteiger partial charge in [-0.1, -0.05) is 0 Å². The van der Waals surface area contributed by atoms with Crippen LogP contribution in [0.4, 0.5) is 14.6 Å². The van der Waals surface area contributed by atoms with E-state index in [9.17, 15) is 22.0 Å². The molecule has 1 aromatic carbocycles. The Morgan fingerprint density at radius 1 is 0.933 bits per heavy atom. The third-order valence-electron chi connectivity index (χ3n) is 5.48. The van der Waals surface area contributed by atoms with E-state index in [1.807, 2.05) is 0 Å². The summed E-state index contributed by atoms with van der Waals surface area (Å²) in [6.07, 6.45) is 3.78. The molecule has 3 heterocycles. The van der Waals surface area contributed by atoms with Crippen molar-refractivity contribution in [2.24, 2.45) is 0 Å². The van der Waals surface area contributed by atoms with Gasteiger partial charge in [-0.2, -0.15) is 4.31 Å². The molecule has 0 atom stereocenters. The molecule has 0 aliphatic carbocycles. The van der Waals surface area contributed by atoms with E-state index in [1.54, 1.807) is 23.2 Å². The van der Waals surface area contributed by atoms with Crippen LogP contribution in [0.5, 0.6) is 0 Å². The number of carbonyl (C=O) groups is 1. The van der Waals surface area contributed by atoms with Gasteiger partial charge in [0.05, 0.1) is 10.5 Å². The van der Waals surface area contributed by atoms with E-state index in [0.717, 1.165) is 38.1 Å². The first-order valence-corrected chi connectivity index (χ1v) is 11.3. The Labute approximate surface area is 174 Å². The topological polar surface area (TPSA) is 73.8 Å². The molecule has 10 heteroatoms. The minimum atomic E-state index is -3.97. The van der Waals surface area contributed by atoms with Crippen molar-refractivity contribution >= 4 is 21.7 Å². The van der Waals surface area contributed by atoms with Crippen LogP contribution in [0.2, 0.25) is 0 Å². The molecule has 0 radical (unpaired) electrons. The molecule has 30 heavy (non-hydrogen) atoms. The molecule has 160 valence electrons. The minimum absolute atomic E-state index is 0.0758. The largest absolute Gasteiger partial charge is 0.356 e. The lowest BCUT2D eigenvalue weighted by molar-refractivity contribution is 0.0698. The average Bonchev–Trinajstić information content (AvgIpc) is 3.30. The van der Waals surface area contributed by atoms with Gasteiger partial charge < -0.3 is 9.80 Å². The van der Waals surface area contributed by atoms with Gasteiger partial charge in [-0.15, -0.1) is 0 Å². The molecule has 0 saturated carbocycles. The van der Waals surface area contributed by atoms with Crippen molar-refractivity contribution in [2.45, 2.75) is 17.7 Å². The molecular weight excluding hydrogens is 414 g/mol. The van der Waals surface area contributed by atoms with E-state index in [2.05, 4.69) is 9.88 Å². The predicted molar refractivity (Wildman–Crippen MR) is 107 cm³/mol. The summed E-state index contributed by atoms with van der Waals surface area (Å²) in [6, 6.07) is 5.98. The van der Waals surface area contributed by atoms with Crippen molar-refractivity contribution in [3.63, 3.8) is 0 Å². The summed E-state index contributed by atoms with van der Waals surface area (Å²) in [6.45, 7) is 2.28. The number of pyridine rings is 1. The van der Waals surface area contributed by atoms with Crippen LogP contribution in [0.3, 0.4) is 0 Å². The second-order valence-corrected chi connectivity index (χ2v) is 9.28. The van der Waals surface area contributed by atoms with Crippen LogP contribution >= 0.6 is 0 Å². The van der Waals surface area contributed by atoms with Gasteiger partial charge in [0.15, 0.2) is 11.6 Å². The summed E-state index contributed by atoms with van der Waals surface area (Å²) in [7, 11) is -3.97.